The maximum Gasteiger partial charge on any atom is 0.137 e. The Morgan fingerprint density at radius 3 is 2.50 bits per heavy atom. The molecule has 3 aromatic rings. The number of hydrogen-bond donors (Lipinski definition) is 0. The van der Waals surface area contributed by atoms with E-state index < -0.39 is 0 Å². The van der Waals surface area contributed by atoms with Crippen LogP contribution >= 0.6 is 0 Å². The van der Waals surface area contributed by atoms with Crippen LogP contribution in [0, 0.1) is 6.92 Å². The highest BCUT2D eigenvalue weighted by Crippen LogP contribution is 2.23. The molecule has 3 rings (SSSR count). The zero-order valence-corrected chi connectivity index (χ0v) is 10.3. The van der Waals surface area contributed by atoms with E-state index in [0.717, 1.165) is 16.7 Å². The number of hydrogen-bond acceptors (Lipinski definition) is 1. The number of fused-ring (bicyclic) bond motifs is 1. The summed E-state index contributed by atoms with van der Waals surface area (Å²) in [6.07, 6.45) is 4.07. The van der Waals surface area contributed by atoms with Gasteiger partial charge in [0, 0.05) is 5.39 Å². The zero-order valence-electron chi connectivity index (χ0n) is 10.3. The third kappa shape index (κ3) is 2.07. The fourth-order valence-corrected chi connectivity index (χ4v) is 2.05. The molecular weight excluding hydrogens is 220 g/mol. The third-order valence-electron chi connectivity index (χ3n) is 3.00. The molecule has 0 saturated carbocycles. The highest BCUT2D eigenvalue weighted by atomic mass is 16.3. The van der Waals surface area contributed by atoms with Crippen molar-refractivity contribution in [2.75, 3.05) is 0 Å². The molecule has 18 heavy (non-hydrogen) atoms. The van der Waals surface area contributed by atoms with Crippen molar-refractivity contribution in [2.45, 2.75) is 6.92 Å². The molecular formula is C17H14O. The SMILES string of the molecule is Cc1cccc2cc(/C=C/c3ccccc3)oc12. The molecule has 0 aliphatic carbocycles. The maximum absolute atomic E-state index is 5.83. The highest BCUT2D eigenvalue weighted by molar-refractivity contribution is 5.84. The molecule has 0 N–H and O–H groups in total. The van der Waals surface area contributed by atoms with Gasteiger partial charge in [-0.05, 0) is 30.2 Å². The standard InChI is InChI=1S/C17H14O/c1-13-6-5-9-15-12-16(18-17(13)15)11-10-14-7-3-2-4-8-14/h2-12H,1H3/b11-10+. The minimum Gasteiger partial charge on any atom is -0.456 e. The van der Waals surface area contributed by atoms with E-state index in [9.17, 15) is 0 Å². The number of rotatable bonds is 2. The van der Waals surface area contributed by atoms with Crippen LogP contribution in [0.4, 0.5) is 0 Å². The Balaban J connectivity index is 1.96. The van der Waals surface area contributed by atoms with Gasteiger partial charge < -0.3 is 4.42 Å². The van der Waals surface area contributed by atoms with Gasteiger partial charge >= 0.3 is 0 Å². The lowest BCUT2D eigenvalue weighted by Crippen LogP contribution is -1.69. The maximum atomic E-state index is 5.83. The summed E-state index contributed by atoms with van der Waals surface area (Å²) in [5.41, 5.74) is 3.33. The first-order valence-electron chi connectivity index (χ1n) is 6.05. The number of para-hydroxylation sites is 1. The highest BCUT2D eigenvalue weighted by Gasteiger charge is 2.02. The Bertz CT molecular complexity index is 690. The molecule has 0 spiro atoms. The van der Waals surface area contributed by atoms with E-state index in [1.54, 1.807) is 0 Å². The Morgan fingerprint density at radius 2 is 1.72 bits per heavy atom. The first-order chi connectivity index (χ1) is 8.83. The van der Waals surface area contributed by atoms with Gasteiger partial charge in [0.05, 0.1) is 0 Å². The zero-order chi connectivity index (χ0) is 12.4. The molecule has 1 heteroatoms. The largest absolute Gasteiger partial charge is 0.456 e. The van der Waals surface area contributed by atoms with Crippen molar-refractivity contribution in [3.05, 3.63) is 71.5 Å². The smallest absolute Gasteiger partial charge is 0.137 e. The second-order valence-corrected chi connectivity index (χ2v) is 4.39. The van der Waals surface area contributed by atoms with Gasteiger partial charge in [0.15, 0.2) is 0 Å². The summed E-state index contributed by atoms with van der Waals surface area (Å²) in [4.78, 5) is 0. The second kappa shape index (κ2) is 4.53. The third-order valence-corrected chi connectivity index (χ3v) is 3.00. The molecule has 0 fully saturated rings. The average molecular weight is 234 g/mol. The molecule has 1 nitrogen and oxygen atoms in total. The fraction of sp³-hybridized carbons (Fsp3) is 0.0588. The molecule has 0 aliphatic rings. The van der Waals surface area contributed by atoms with Crippen molar-refractivity contribution < 1.29 is 4.42 Å². The number of furan rings is 1. The summed E-state index contributed by atoms with van der Waals surface area (Å²) in [7, 11) is 0. The van der Waals surface area contributed by atoms with Gasteiger partial charge in [-0.1, -0.05) is 54.6 Å². The molecule has 0 amide bonds. The summed E-state index contributed by atoms with van der Waals surface area (Å²) in [5.74, 6) is 0.892. The van der Waals surface area contributed by atoms with Gasteiger partial charge in [0.25, 0.3) is 0 Å². The minimum absolute atomic E-state index is 0.892. The van der Waals surface area contributed by atoms with Crippen molar-refractivity contribution in [3.63, 3.8) is 0 Å². The van der Waals surface area contributed by atoms with Crippen molar-refractivity contribution in [3.8, 4) is 0 Å². The van der Waals surface area contributed by atoms with Crippen molar-refractivity contribution in [1.29, 1.82) is 0 Å². The topological polar surface area (TPSA) is 13.1 Å². The van der Waals surface area contributed by atoms with Gasteiger partial charge in [-0.25, -0.2) is 0 Å². The van der Waals surface area contributed by atoms with E-state index in [0.29, 0.717) is 0 Å². The van der Waals surface area contributed by atoms with E-state index in [1.807, 2.05) is 24.3 Å². The summed E-state index contributed by atoms with van der Waals surface area (Å²) < 4.78 is 5.83. The molecule has 1 heterocycles. The summed E-state index contributed by atoms with van der Waals surface area (Å²) in [6.45, 7) is 2.07. The van der Waals surface area contributed by atoms with Gasteiger partial charge in [-0.15, -0.1) is 0 Å². The quantitative estimate of drug-likeness (QED) is 0.614. The predicted octanol–water partition coefficient (Wildman–Crippen LogP) is 4.91. The Hall–Kier alpha value is -2.28. The predicted molar refractivity (Wildman–Crippen MR) is 76.3 cm³/mol. The van der Waals surface area contributed by atoms with Crippen LogP contribution in [0.15, 0.2) is 59.0 Å². The van der Waals surface area contributed by atoms with Gasteiger partial charge in [0.1, 0.15) is 11.3 Å². The van der Waals surface area contributed by atoms with Gasteiger partial charge in [-0.3, -0.25) is 0 Å². The minimum atomic E-state index is 0.892. The first kappa shape index (κ1) is 10.8. The van der Waals surface area contributed by atoms with Crippen LogP contribution in [0.3, 0.4) is 0 Å². The molecule has 88 valence electrons. The number of benzene rings is 2. The first-order valence-corrected chi connectivity index (χ1v) is 6.05. The molecule has 0 atom stereocenters. The van der Waals surface area contributed by atoms with Gasteiger partial charge in [0.2, 0.25) is 0 Å². The van der Waals surface area contributed by atoms with E-state index in [4.69, 9.17) is 4.42 Å². The lowest BCUT2D eigenvalue weighted by Gasteiger charge is -1.92. The normalized spacial score (nSPS) is 11.4. The lowest BCUT2D eigenvalue weighted by molar-refractivity contribution is 0.602. The fourth-order valence-electron chi connectivity index (χ4n) is 2.05. The van der Waals surface area contributed by atoms with E-state index >= 15 is 0 Å². The van der Waals surface area contributed by atoms with Crippen LogP contribution < -0.4 is 0 Å². The van der Waals surface area contributed by atoms with Crippen molar-refractivity contribution in [1.82, 2.24) is 0 Å². The lowest BCUT2D eigenvalue weighted by atomic mass is 10.2. The average Bonchev–Trinajstić information content (AvgIpc) is 2.82. The van der Waals surface area contributed by atoms with E-state index in [1.165, 1.54) is 11.1 Å². The summed E-state index contributed by atoms with van der Waals surface area (Å²) in [5, 5.41) is 1.16. The number of aryl methyl sites for hydroxylation is 1. The van der Waals surface area contributed by atoms with Crippen LogP contribution in [0.1, 0.15) is 16.9 Å². The Labute approximate surface area is 106 Å². The molecule has 0 bridgehead atoms. The van der Waals surface area contributed by atoms with Crippen molar-refractivity contribution in [2.24, 2.45) is 0 Å². The molecule has 1 aromatic heterocycles. The molecule has 2 aromatic carbocycles. The Kier molecular flexibility index (Phi) is 2.73. The summed E-state index contributed by atoms with van der Waals surface area (Å²) in [6, 6.07) is 18.5. The van der Waals surface area contributed by atoms with E-state index in [2.05, 4.69) is 49.4 Å². The molecule has 0 unspecified atom stereocenters. The van der Waals surface area contributed by atoms with Crippen LogP contribution in [-0.4, -0.2) is 0 Å². The monoisotopic (exact) mass is 234 g/mol. The molecule has 0 saturated heterocycles. The van der Waals surface area contributed by atoms with Gasteiger partial charge in [-0.2, -0.15) is 0 Å². The van der Waals surface area contributed by atoms with E-state index in [-0.39, 0.29) is 0 Å². The van der Waals surface area contributed by atoms with Crippen molar-refractivity contribution >= 4 is 23.1 Å². The van der Waals surface area contributed by atoms with Crippen LogP contribution in [0.25, 0.3) is 23.1 Å². The molecule has 0 radical (unpaired) electrons. The second-order valence-electron chi connectivity index (χ2n) is 4.39. The van der Waals surface area contributed by atoms with Crippen LogP contribution in [-0.2, 0) is 0 Å². The Morgan fingerprint density at radius 1 is 0.889 bits per heavy atom. The molecule has 0 aliphatic heterocycles. The van der Waals surface area contributed by atoms with Crippen LogP contribution in [0.2, 0.25) is 0 Å². The van der Waals surface area contributed by atoms with Crippen LogP contribution in [0.5, 0.6) is 0 Å². The summed E-state index contributed by atoms with van der Waals surface area (Å²) >= 11 is 0.